The predicted octanol–water partition coefficient (Wildman–Crippen LogP) is 9.85. The minimum Gasteiger partial charge on any atom is -0.0654 e. The smallest absolute Gasteiger partial charge is 0.0303 e. The van der Waals surface area contributed by atoms with Gasteiger partial charge in [-0.25, -0.2) is 0 Å². The number of unbranched alkanes of at least 4 members (excludes halogenated alkanes) is 14. The van der Waals surface area contributed by atoms with E-state index in [9.17, 15) is 0 Å². The molecule has 0 saturated heterocycles. The third-order valence-corrected chi connectivity index (χ3v) is 6.62. The van der Waals surface area contributed by atoms with Crippen molar-refractivity contribution in [3.63, 3.8) is 0 Å². The van der Waals surface area contributed by atoms with Crippen molar-refractivity contribution in [1.82, 2.24) is 0 Å². The lowest BCUT2D eigenvalue weighted by molar-refractivity contribution is 0.202. The Morgan fingerprint density at radius 1 is 0.360 bits per heavy atom. The first-order valence-electron chi connectivity index (χ1n) is 12.2. The lowest BCUT2D eigenvalue weighted by Gasteiger charge is -2.32. The Hall–Kier alpha value is 0. The Labute approximate surface area is 161 Å². The maximum atomic E-state index is 2.44. The molecule has 0 radical (unpaired) electrons. The second kappa shape index (κ2) is 18.8. The zero-order valence-electron chi connectivity index (χ0n) is 18.6. The highest BCUT2D eigenvalue weighted by molar-refractivity contribution is 4.76. The molecule has 0 N–H and O–H groups in total. The van der Waals surface area contributed by atoms with Crippen LogP contribution in [0.5, 0.6) is 0 Å². The molecule has 0 aliphatic rings. The van der Waals surface area contributed by atoms with Crippen LogP contribution in [0.1, 0.15) is 156 Å². The summed E-state index contributed by atoms with van der Waals surface area (Å²) in [6.45, 7) is 9.50. The van der Waals surface area contributed by atoms with Crippen LogP contribution in [0.25, 0.3) is 0 Å². The average Bonchev–Trinajstić information content (AvgIpc) is 2.64. The molecular weight excluding hydrogens is 300 g/mol. The Bertz CT molecular complexity index is 216. The van der Waals surface area contributed by atoms with Crippen LogP contribution in [0, 0.1) is 5.41 Å². The number of hydrogen-bond donors (Lipinski definition) is 0. The molecule has 0 fully saturated rings. The van der Waals surface area contributed by atoms with Crippen LogP contribution in [0.15, 0.2) is 0 Å². The molecule has 0 aliphatic carbocycles. The molecule has 0 spiro atoms. The maximum Gasteiger partial charge on any atom is -0.0303 e. The van der Waals surface area contributed by atoms with Gasteiger partial charge in [-0.05, 0) is 18.3 Å². The van der Waals surface area contributed by atoms with Gasteiger partial charge in [-0.3, -0.25) is 0 Å². The van der Waals surface area contributed by atoms with Crippen molar-refractivity contribution in [2.75, 3.05) is 0 Å². The van der Waals surface area contributed by atoms with Gasteiger partial charge in [0.15, 0.2) is 0 Å². The van der Waals surface area contributed by atoms with Crippen LogP contribution < -0.4 is 0 Å². The van der Waals surface area contributed by atoms with E-state index in [2.05, 4.69) is 27.7 Å². The molecule has 25 heavy (non-hydrogen) atoms. The van der Waals surface area contributed by atoms with E-state index < -0.39 is 0 Å². The fraction of sp³-hybridized carbons (Fsp3) is 1.00. The van der Waals surface area contributed by atoms with Gasteiger partial charge in [0.05, 0.1) is 0 Å². The Kier molecular flexibility index (Phi) is 18.8. The van der Waals surface area contributed by atoms with E-state index in [0.29, 0.717) is 5.41 Å². The monoisotopic (exact) mass is 352 g/mol. The Morgan fingerprint density at radius 3 is 0.920 bits per heavy atom. The molecule has 0 amide bonds. The number of rotatable bonds is 20. The van der Waals surface area contributed by atoms with E-state index in [1.54, 1.807) is 0 Å². The van der Waals surface area contributed by atoms with Gasteiger partial charge < -0.3 is 0 Å². The third kappa shape index (κ3) is 14.8. The SMILES string of the molecule is CCCCCCCCCCC(CC)(CC)CCCCCCCCCC. The quantitative estimate of drug-likeness (QED) is 0.191. The normalized spacial score (nSPS) is 12.0. The van der Waals surface area contributed by atoms with Crippen LogP contribution in [0.4, 0.5) is 0 Å². The summed E-state index contributed by atoms with van der Waals surface area (Å²) in [4.78, 5) is 0. The van der Waals surface area contributed by atoms with E-state index in [0.717, 1.165) is 0 Å². The van der Waals surface area contributed by atoms with Gasteiger partial charge in [0.2, 0.25) is 0 Å². The molecular formula is C25H52. The molecule has 0 rings (SSSR count). The summed E-state index contributed by atoms with van der Waals surface area (Å²) >= 11 is 0. The van der Waals surface area contributed by atoms with Crippen LogP contribution in [0.3, 0.4) is 0 Å². The molecule has 0 aromatic carbocycles. The summed E-state index contributed by atoms with van der Waals surface area (Å²) in [5, 5.41) is 0. The summed E-state index contributed by atoms with van der Waals surface area (Å²) in [5.41, 5.74) is 0.671. The van der Waals surface area contributed by atoms with Gasteiger partial charge in [0.1, 0.15) is 0 Å². The zero-order valence-corrected chi connectivity index (χ0v) is 18.6. The minimum absolute atomic E-state index is 0.671. The van der Waals surface area contributed by atoms with Gasteiger partial charge in [0.25, 0.3) is 0 Å². The molecule has 0 unspecified atom stereocenters. The average molecular weight is 353 g/mol. The van der Waals surface area contributed by atoms with E-state index in [1.807, 2.05) is 0 Å². The molecule has 0 atom stereocenters. The van der Waals surface area contributed by atoms with Gasteiger partial charge in [-0.1, -0.05) is 143 Å². The first-order chi connectivity index (χ1) is 12.2. The summed E-state index contributed by atoms with van der Waals surface area (Å²) in [6, 6.07) is 0. The molecule has 152 valence electrons. The van der Waals surface area contributed by atoms with Crippen molar-refractivity contribution < 1.29 is 0 Å². The summed E-state index contributed by atoms with van der Waals surface area (Å²) in [5.74, 6) is 0. The standard InChI is InChI=1S/C25H52/c1-5-9-11-13-15-17-19-21-23-25(7-3,8-4)24-22-20-18-16-14-12-10-6-2/h5-24H2,1-4H3. The molecule has 0 nitrogen and oxygen atoms in total. The molecule has 0 aromatic heterocycles. The van der Waals surface area contributed by atoms with Crippen molar-refractivity contribution in [3.05, 3.63) is 0 Å². The summed E-state index contributed by atoms with van der Waals surface area (Å²) in [6.07, 6.45) is 29.1. The fourth-order valence-corrected chi connectivity index (χ4v) is 4.35. The highest BCUT2D eigenvalue weighted by Gasteiger charge is 2.24. The van der Waals surface area contributed by atoms with E-state index in [4.69, 9.17) is 0 Å². The van der Waals surface area contributed by atoms with Crippen molar-refractivity contribution in [2.45, 2.75) is 156 Å². The largest absolute Gasteiger partial charge is 0.0654 e. The second-order valence-electron chi connectivity index (χ2n) is 8.66. The van der Waals surface area contributed by atoms with Crippen molar-refractivity contribution >= 4 is 0 Å². The first-order valence-corrected chi connectivity index (χ1v) is 12.2. The van der Waals surface area contributed by atoms with Gasteiger partial charge in [-0.15, -0.1) is 0 Å². The van der Waals surface area contributed by atoms with Crippen molar-refractivity contribution in [2.24, 2.45) is 5.41 Å². The van der Waals surface area contributed by atoms with Gasteiger partial charge in [-0.2, -0.15) is 0 Å². The second-order valence-corrected chi connectivity index (χ2v) is 8.66. The Balaban J connectivity index is 3.70. The topological polar surface area (TPSA) is 0 Å². The van der Waals surface area contributed by atoms with Crippen LogP contribution >= 0.6 is 0 Å². The lowest BCUT2D eigenvalue weighted by atomic mass is 9.74. The van der Waals surface area contributed by atoms with Crippen LogP contribution in [0.2, 0.25) is 0 Å². The number of hydrogen-bond acceptors (Lipinski definition) is 0. The summed E-state index contributed by atoms with van der Waals surface area (Å²) in [7, 11) is 0. The summed E-state index contributed by atoms with van der Waals surface area (Å²) < 4.78 is 0. The van der Waals surface area contributed by atoms with Crippen molar-refractivity contribution in [3.8, 4) is 0 Å². The molecule has 0 aliphatic heterocycles. The van der Waals surface area contributed by atoms with E-state index >= 15 is 0 Å². The van der Waals surface area contributed by atoms with Crippen LogP contribution in [-0.4, -0.2) is 0 Å². The van der Waals surface area contributed by atoms with Gasteiger partial charge in [0, 0.05) is 0 Å². The fourth-order valence-electron chi connectivity index (χ4n) is 4.35. The van der Waals surface area contributed by atoms with Crippen LogP contribution in [-0.2, 0) is 0 Å². The third-order valence-electron chi connectivity index (χ3n) is 6.62. The predicted molar refractivity (Wildman–Crippen MR) is 117 cm³/mol. The molecule has 0 aromatic rings. The Morgan fingerprint density at radius 2 is 0.640 bits per heavy atom. The molecule has 0 heterocycles. The maximum absolute atomic E-state index is 2.44. The highest BCUT2D eigenvalue weighted by atomic mass is 14.3. The molecule has 0 bridgehead atoms. The minimum atomic E-state index is 0.671. The molecule has 0 saturated carbocycles. The van der Waals surface area contributed by atoms with E-state index in [-0.39, 0.29) is 0 Å². The lowest BCUT2D eigenvalue weighted by Crippen LogP contribution is -2.18. The zero-order chi connectivity index (χ0) is 18.6. The molecule has 0 heteroatoms. The highest BCUT2D eigenvalue weighted by Crippen LogP contribution is 2.38. The van der Waals surface area contributed by atoms with Gasteiger partial charge >= 0.3 is 0 Å². The van der Waals surface area contributed by atoms with E-state index in [1.165, 1.54) is 128 Å². The van der Waals surface area contributed by atoms with Crippen molar-refractivity contribution in [1.29, 1.82) is 0 Å². The first kappa shape index (κ1) is 25.0.